The highest BCUT2D eigenvalue weighted by Gasteiger charge is 2.56. The molecule has 27 heavy (non-hydrogen) atoms. The van der Waals surface area contributed by atoms with Crippen molar-refractivity contribution in [2.75, 3.05) is 16.0 Å². The number of amides is 3. The van der Waals surface area contributed by atoms with Gasteiger partial charge < -0.3 is 16.0 Å². The van der Waals surface area contributed by atoms with Crippen LogP contribution in [0.1, 0.15) is 30.9 Å². The summed E-state index contributed by atoms with van der Waals surface area (Å²) < 4.78 is 0. The van der Waals surface area contributed by atoms with E-state index < -0.39 is 5.41 Å². The molecule has 0 heterocycles. The molecule has 3 N–H and O–H groups in total. The second kappa shape index (κ2) is 7.23. The van der Waals surface area contributed by atoms with Crippen molar-refractivity contribution in [3.8, 4) is 0 Å². The lowest BCUT2D eigenvalue weighted by Crippen LogP contribution is -2.35. The van der Waals surface area contributed by atoms with E-state index >= 15 is 0 Å². The van der Waals surface area contributed by atoms with Gasteiger partial charge in [0.05, 0.1) is 0 Å². The lowest BCUT2D eigenvalue weighted by molar-refractivity contribution is -0.131. The molecule has 3 amide bonds. The standard InChI is InChI=1S/C21H23N3O3/c1-13-4-5-14(2)18(12-13)24-20(27)21(10-11-21)19(26)23-17-8-6-16(7-9-17)22-15(3)25/h4-9,12H,10-11H2,1-3H3,(H,22,25)(H,23,26)(H,24,27). The molecule has 3 rings (SSSR count). The Balaban J connectivity index is 1.67. The monoisotopic (exact) mass is 365 g/mol. The molecular formula is C21H23N3O3. The summed E-state index contributed by atoms with van der Waals surface area (Å²) in [5.74, 6) is -0.743. The topological polar surface area (TPSA) is 87.3 Å². The Morgan fingerprint density at radius 2 is 1.37 bits per heavy atom. The smallest absolute Gasteiger partial charge is 0.240 e. The lowest BCUT2D eigenvalue weighted by Gasteiger charge is -2.17. The minimum Gasteiger partial charge on any atom is -0.326 e. The molecule has 0 aliphatic heterocycles. The summed E-state index contributed by atoms with van der Waals surface area (Å²) in [5, 5.41) is 8.38. The van der Waals surface area contributed by atoms with E-state index in [4.69, 9.17) is 0 Å². The number of carbonyl (C=O) groups is 3. The van der Waals surface area contributed by atoms with Crippen LogP contribution in [0.4, 0.5) is 17.1 Å². The molecule has 2 aromatic rings. The summed E-state index contributed by atoms with van der Waals surface area (Å²) in [4.78, 5) is 36.5. The maximum atomic E-state index is 12.7. The normalized spacial score (nSPS) is 14.2. The fraction of sp³-hybridized carbons (Fsp3) is 0.286. The van der Waals surface area contributed by atoms with E-state index in [1.165, 1.54) is 6.92 Å². The lowest BCUT2D eigenvalue weighted by atomic mass is 10.0. The Labute approximate surface area is 158 Å². The zero-order valence-corrected chi connectivity index (χ0v) is 15.7. The average Bonchev–Trinajstić information content (AvgIpc) is 3.41. The second-order valence-electron chi connectivity index (χ2n) is 7.07. The highest BCUT2D eigenvalue weighted by molar-refractivity contribution is 6.17. The Bertz CT molecular complexity index is 899. The molecule has 0 saturated heterocycles. The van der Waals surface area contributed by atoms with Crippen LogP contribution in [0.5, 0.6) is 0 Å². The van der Waals surface area contributed by atoms with Crippen molar-refractivity contribution in [2.45, 2.75) is 33.6 Å². The van der Waals surface area contributed by atoms with Gasteiger partial charge in [-0.05, 0) is 68.1 Å². The molecule has 2 aromatic carbocycles. The molecule has 0 bridgehead atoms. The van der Waals surface area contributed by atoms with Crippen LogP contribution in [-0.2, 0) is 14.4 Å². The highest BCUT2D eigenvalue weighted by Crippen LogP contribution is 2.47. The van der Waals surface area contributed by atoms with Crippen molar-refractivity contribution in [2.24, 2.45) is 5.41 Å². The van der Waals surface area contributed by atoms with Crippen molar-refractivity contribution in [3.05, 3.63) is 53.6 Å². The van der Waals surface area contributed by atoms with Crippen molar-refractivity contribution in [3.63, 3.8) is 0 Å². The Kier molecular flexibility index (Phi) is 4.99. The third-order valence-electron chi connectivity index (χ3n) is 4.72. The van der Waals surface area contributed by atoms with Gasteiger partial charge in [0.25, 0.3) is 0 Å². The van der Waals surface area contributed by atoms with Gasteiger partial charge in [0.2, 0.25) is 17.7 Å². The largest absolute Gasteiger partial charge is 0.326 e. The predicted molar refractivity (Wildman–Crippen MR) is 106 cm³/mol. The number of hydrogen-bond acceptors (Lipinski definition) is 3. The molecule has 0 spiro atoms. The number of aryl methyl sites for hydroxylation is 2. The molecule has 0 atom stereocenters. The summed E-state index contributed by atoms with van der Waals surface area (Å²) in [5.41, 5.74) is 2.95. The maximum Gasteiger partial charge on any atom is 0.240 e. The van der Waals surface area contributed by atoms with Crippen LogP contribution in [0.15, 0.2) is 42.5 Å². The van der Waals surface area contributed by atoms with E-state index in [1.54, 1.807) is 24.3 Å². The Hall–Kier alpha value is -3.15. The zero-order valence-electron chi connectivity index (χ0n) is 15.7. The van der Waals surface area contributed by atoms with Gasteiger partial charge in [-0.2, -0.15) is 0 Å². The summed E-state index contributed by atoms with van der Waals surface area (Å²) in [6.45, 7) is 5.31. The first kappa shape index (κ1) is 18.6. The maximum absolute atomic E-state index is 12.7. The van der Waals surface area contributed by atoms with Crippen molar-refractivity contribution in [1.82, 2.24) is 0 Å². The van der Waals surface area contributed by atoms with Gasteiger partial charge in [-0.3, -0.25) is 14.4 Å². The second-order valence-corrected chi connectivity index (χ2v) is 7.07. The quantitative estimate of drug-likeness (QED) is 0.707. The minimum absolute atomic E-state index is 0.160. The molecule has 6 nitrogen and oxygen atoms in total. The molecule has 6 heteroatoms. The first-order valence-corrected chi connectivity index (χ1v) is 8.88. The Morgan fingerprint density at radius 1 is 0.815 bits per heavy atom. The fourth-order valence-corrected chi connectivity index (χ4v) is 2.89. The fourth-order valence-electron chi connectivity index (χ4n) is 2.89. The van der Waals surface area contributed by atoms with Crippen LogP contribution in [0.3, 0.4) is 0 Å². The van der Waals surface area contributed by atoms with E-state index in [0.29, 0.717) is 24.2 Å². The third-order valence-corrected chi connectivity index (χ3v) is 4.72. The summed E-state index contributed by atoms with van der Waals surface area (Å²) in [6.07, 6.45) is 1.05. The van der Waals surface area contributed by atoms with E-state index in [2.05, 4.69) is 16.0 Å². The van der Waals surface area contributed by atoms with Crippen LogP contribution >= 0.6 is 0 Å². The van der Waals surface area contributed by atoms with Crippen LogP contribution in [0, 0.1) is 19.3 Å². The summed E-state index contributed by atoms with van der Waals surface area (Å²) >= 11 is 0. The van der Waals surface area contributed by atoms with Gasteiger partial charge in [-0.25, -0.2) is 0 Å². The van der Waals surface area contributed by atoms with E-state index in [9.17, 15) is 14.4 Å². The predicted octanol–water partition coefficient (Wildman–Crippen LogP) is 3.62. The van der Waals surface area contributed by atoms with Crippen LogP contribution in [0.25, 0.3) is 0 Å². The van der Waals surface area contributed by atoms with Crippen LogP contribution in [-0.4, -0.2) is 17.7 Å². The number of hydrogen-bond donors (Lipinski definition) is 3. The number of anilines is 3. The van der Waals surface area contributed by atoms with Gasteiger partial charge in [0.15, 0.2) is 0 Å². The molecular weight excluding hydrogens is 342 g/mol. The van der Waals surface area contributed by atoms with Gasteiger partial charge in [-0.1, -0.05) is 12.1 Å². The van der Waals surface area contributed by atoms with Gasteiger partial charge in [0, 0.05) is 24.0 Å². The van der Waals surface area contributed by atoms with Gasteiger partial charge in [-0.15, -0.1) is 0 Å². The average molecular weight is 365 g/mol. The first-order valence-electron chi connectivity index (χ1n) is 8.88. The highest BCUT2D eigenvalue weighted by atomic mass is 16.2. The molecule has 1 aliphatic carbocycles. The third kappa shape index (κ3) is 4.16. The molecule has 0 aromatic heterocycles. The summed E-state index contributed by atoms with van der Waals surface area (Å²) in [7, 11) is 0. The number of nitrogens with one attached hydrogen (secondary N) is 3. The van der Waals surface area contributed by atoms with Crippen molar-refractivity contribution < 1.29 is 14.4 Å². The van der Waals surface area contributed by atoms with Gasteiger partial charge in [0.1, 0.15) is 5.41 Å². The number of benzene rings is 2. The molecule has 140 valence electrons. The Morgan fingerprint density at radius 3 is 1.93 bits per heavy atom. The van der Waals surface area contributed by atoms with Crippen LogP contribution in [0.2, 0.25) is 0 Å². The molecule has 1 saturated carbocycles. The SMILES string of the molecule is CC(=O)Nc1ccc(NC(=O)C2(C(=O)Nc3cc(C)ccc3C)CC2)cc1. The van der Waals surface area contributed by atoms with Crippen LogP contribution < -0.4 is 16.0 Å². The first-order chi connectivity index (χ1) is 12.8. The van der Waals surface area contributed by atoms with E-state index in [-0.39, 0.29) is 17.7 Å². The minimum atomic E-state index is -1.02. The van der Waals surface area contributed by atoms with Crippen molar-refractivity contribution in [1.29, 1.82) is 0 Å². The number of rotatable bonds is 5. The number of carbonyl (C=O) groups excluding carboxylic acids is 3. The molecule has 0 radical (unpaired) electrons. The molecule has 0 unspecified atom stereocenters. The van der Waals surface area contributed by atoms with Gasteiger partial charge >= 0.3 is 0 Å². The zero-order chi connectivity index (χ0) is 19.6. The molecule has 1 aliphatic rings. The van der Waals surface area contributed by atoms with E-state index in [1.807, 2.05) is 32.0 Å². The van der Waals surface area contributed by atoms with Crippen molar-refractivity contribution >= 4 is 34.8 Å². The molecule has 1 fully saturated rings. The van der Waals surface area contributed by atoms with E-state index in [0.717, 1.165) is 16.8 Å². The summed E-state index contributed by atoms with van der Waals surface area (Å²) in [6, 6.07) is 12.6.